The summed E-state index contributed by atoms with van der Waals surface area (Å²) in [6, 6.07) is 8.10. The van der Waals surface area contributed by atoms with Crippen LogP contribution in [-0.4, -0.2) is 22.3 Å². The molecule has 1 atom stereocenters. The van der Waals surface area contributed by atoms with Gasteiger partial charge in [-0.1, -0.05) is 51.3 Å². The predicted octanol–water partition coefficient (Wildman–Crippen LogP) is 4.40. The van der Waals surface area contributed by atoms with Crippen LogP contribution in [0.1, 0.15) is 52.4 Å². The molecule has 2 aromatic rings. The number of hydrogen-bond donors (Lipinski definition) is 2. The average Bonchev–Trinajstić information content (AvgIpc) is 3.02. The van der Waals surface area contributed by atoms with Crippen LogP contribution in [0, 0.1) is 11.3 Å². The van der Waals surface area contributed by atoms with E-state index in [2.05, 4.69) is 35.5 Å². The minimum absolute atomic E-state index is 0.147. The molecule has 0 radical (unpaired) electrons. The number of para-hydroxylation sites is 2. The lowest BCUT2D eigenvalue weighted by Crippen LogP contribution is -2.55. The van der Waals surface area contributed by atoms with Crippen molar-refractivity contribution in [1.29, 1.82) is 0 Å². The lowest BCUT2D eigenvalue weighted by Gasteiger charge is -2.47. The van der Waals surface area contributed by atoms with Crippen LogP contribution in [-0.2, 0) is 4.79 Å². The average molecular weight is 378 g/mol. The zero-order valence-electron chi connectivity index (χ0n) is 16.4. The molecule has 6 heteroatoms. The molecule has 1 aromatic heterocycles. The maximum atomic E-state index is 13.1. The van der Waals surface area contributed by atoms with Crippen molar-refractivity contribution in [2.45, 2.75) is 57.9 Å². The Balaban J connectivity index is 1.54. The van der Waals surface area contributed by atoms with Crippen LogP contribution in [0.25, 0.3) is 11.1 Å². The smallest absolute Gasteiger partial charge is 0.302 e. The normalized spacial score (nSPS) is 25.6. The third-order valence-corrected chi connectivity index (χ3v) is 6.18. The molecule has 0 bridgehead atoms. The van der Waals surface area contributed by atoms with Gasteiger partial charge >= 0.3 is 6.01 Å². The van der Waals surface area contributed by atoms with Crippen LogP contribution < -0.4 is 10.6 Å². The van der Waals surface area contributed by atoms with Crippen LogP contribution >= 0.6 is 0 Å². The molecule has 6 nitrogen and oxygen atoms in total. The van der Waals surface area contributed by atoms with Gasteiger partial charge in [0.2, 0.25) is 5.96 Å². The molecule has 2 N–H and O–H groups in total. The minimum Gasteiger partial charge on any atom is -0.423 e. The first-order valence-electron chi connectivity index (χ1n) is 10.2. The molecule has 0 amide bonds. The number of carbonyl (C=O) groups is 1. The number of hydrogen-bond acceptors (Lipinski definition) is 6. The molecule has 146 valence electrons. The summed E-state index contributed by atoms with van der Waals surface area (Å²) in [6.07, 6.45) is 8.12. The summed E-state index contributed by atoms with van der Waals surface area (Å²) in [5.74, 6) is 0.776. The number of aliphatic imine (C=N–C) groups is 1. The maximum absolute atomic E-state index is 13.1. The second-order valence-electron chi connectivity index (χ2n) is 9.03. The second kappa shape index (κ2) is 6.19. The van der Waals surface area contributed by atoms with E-state index < -0.39 is 0 Å². The van der Waals surface area contributed by atoms with Gasteiger partial charge in [0.1, 0.15) is 11.3 Å². The molecule has 1 spiro atoms. The van der Waals surface area contributed by atoms with Gasteiger partial charge in [0, 0.05) is 12.1 Å². The first-order chi connectivity index (χ1) is 13.4. The molecule has 0 unspecified atom stereocenters. The highest BCUT2D eigenvalue weighted by atomic mass is 16.4. The predicted molar refractivity (Wildman–Crippen MR) is 109 cm³/mol. The lowest BCUT2D eigenvalue weighted by atomic mass is 9.64. The zero-order chi connectivity index (χ0) is 19.4. The van der Waals surface area contributed by atoms with Gasteiger partial charge in [0.05, 0.1) is 11.5 Å². The Labute approximate surface area is 164 Å². The zero-order valence-corrected chi connectivity index (χ0v) is 16.4. The van der Waals surface area contributed by atoms with Crippen molar-refractivity contribution >= 4 is 28.9 Å². The number of benzene rings is 1. The third kappa shape index (κ3) is 2.91. The van der Waals surface area contributed by atoms with E-state index >= 15 is 0 Å². The maximum Gasteiger partial charge on any atom is 0.302 e. The van der Waals surface area contributed by atoms with Gasteiger partial charge < -0.3 is 9.73 Å². The molecular formula is C22H26N4O2. The highest BCUT2D eigenvalue weighted by molar-refractivity contribution is 5.98. The van der Waals surface area contributed by atoms with Crippen molar-refractivity contribution < 1.29 is 9.21 Å². The van der Waals surface area contributed by atoms with E-state index in [9.17, 15) is 4.79 Å². The van der Waals surface area contributed by atoms with Crippen molar-refractivity contribution in [3.05, 3.63) is 36.0 Å². The van der Waals surface area contributed by atoms with Crippen LogP contribution in [0.2, 0.25) is 0 Å². The largest absolute Gasteiger partial charge is 0.423 e. The number of guanidine groups is 1. The van der Waals surface area contributed by atoms with Crippen LogP contribution in [0.3, 0.4) is 0 Å². The van der Waals surface area contributed by atoms with Crippen molar-refractivity contribution in [1.82, 2.24) is 10.3 Å². The minimum atomic E-state index is -0.350. The van der Waals surface area contributed by atoms with Crippen molar-refractivity contribution in [2.24, 2.45) is 16.3 Å². The Morgan fingerprint density at radius 1 is 1.18 bits per heavy atom. The Bertz CT molecular complexity index is 962. The summed E-state index contributed by atoms with van der Waals surface area (Å²) in [5, 5.41) is 6.61. The van der Waals surface area contributed by atoms with E-state index in [1.807, 2.05) is 24.3 Å². The van der Waals surface area contributed by atoms with Gasteiger partial charge in [-0.15, -0.1) is 0 Å². The highest BCUT2D eigenvalue weighted by Crippen LogP contribution is 2.47. The van der Waals surface area contributed by atoms with Crippen molar-refractivity contribution in [2.75, 3.05) is 5.32 Å². The van der Waals surface area contributed by atoms with Gasteiger partial charge in [-0.25, -0.2) is 4.99 Å². The molecule has 1 aliphatic heterocycles. The van der Waals surface area contributed by atoms with Crippen molar-refractivity contribution in [3.63, 3.8) is 0 Å². The number of oxazole rings is 1. The van der Waals surface area contributed by atoms with Gasteiger partial charge in [-0.05, 0) is 30.4 Å². The molecule has 3 aliphatic rings. The Morgan fingerprint density at radius 2 is 1.96 bits per heavy atom. The summed E-state index contributed by atoms with van der Waals surface area (Å²) in [7, 11) is 0. The Kier molecular flexibility index (Phi) is 3.86. The van der Waals surface area contributed by atoms with E-state index in [1.54, 1.807) is 0 Å². The molecule has 0 saturated heterocycles. The van der Waals surface area contributed by atoms with E-state index in [4.69, 9.17) is 9.41 Å². The SMILES string of the molecule is CC1(C)C=C2NC(Nc3nc4ccccc4o3)=NC3(CCCCC3)[C@H]2C(=O)C1. The van der Waals surface area contributed by atoms with Gasteiger partial charge in [-0.2, -0.15) is 4.98 Å². The molecule has 2 aliphatic carbocycles. The van der Waals surface area contributed by atoms with Gasteiger partial charge in [-0.3, -0.25) is 10.1 Å². The topological polar surface area (TPSA) is 79.5 Å². The Morgan fingerprint density at radius 3 is 2.75 bits per heavy atom. The number of aromatic nitrogens is 1. The monoisotopic (exact) mass is 378 g/mol. The standard InChI is InChI=1S/C22H26N4O2/c1-21(2)12-15-18(16(27)13-21)22(10-6-3-7-11-22)26-19(23-15)25-20-24-14-8-4-5-9-17(14)28-20/h4-5,8-9,12,18H,3,6-7,10-11,13H2,1-2H3,(H2,23,24,25,26)/t18-/m1/s1. The number of carbonyl (C=O) groups excluding carboxylic acids is 1. The van der Waals surface area contributed by atoms with E-state index in [-0.39, 0.29) is 16.9 Å². The fourth-order valence-electron chi connectivity index (χ4n) is 5.08. The fourth-order valence-corrected chi connectivity index (χ4v) is 5.08. The molecule has 1 saturated carbocycles. The number of allylic oxidation sites excluding steroid dienone is 1. The molecular weight excluding hydrogens is 352 g/mol. The number of anilines is 1. The summed E-state index contributed by atoms with van der Waals surface area (Å²) < 4.78 is 5.82. The molecule has 28 heavy (non-hydrogen) atoms. The summed E-state index contributed by atoms with van der Waals surface area (Å²) in [5.41, 5.74) is 2.03. The fraction of sp³-hybridized carbons (Fsp3) is 0.500. The molecule has 1 aromatic carbocycles. The van der Waals surface area contributed by atoms with Gasteiger partial charge in [0.15, 0.2) is 5.58 Å². The Hall–Kier alpha value is -2.63. The first-order valence-corrected chi connectivity index (χ1v) is 10.2. The number of nitrogens with zero attached hydrogens (tertiary/aromatic N) is 2. The number of Topliss-reactive ketones (excluding diaryl/α,β-unsaturated/α-hetero) is 1. The van der Waals surface area contributed by atoms with Gasteiger partial charge in [0.25, 0.3) is 0 Å². The van der Waals surface area contributed by atoms with Crippen LogP contribution in [0.5, 0.6) is 0 Å². The first kappa shape index (κ1) is 17.5. The highest BCUT2D eigenvalue weighted by Gasteiger charge is 2.51. The number of rotatable bonds is 1. The van der Waals surface area contributed by atoms with E-state index in [0.29, 0.717) is 24.2 Å². The quantitative estimate of drug-likeness (QED) is 0.769. The lowest BCUT2D eigenvalue weighted by molar-refractivity contribution is -0.126. The van der Waals surface area contributed by atoms with E-state index in [0.717, 1.165) is 42.5 Å². The number of nitrogens with one attached hydrogen (secondary N) is 2. The number of ketones is 1. The van der Waals surface area contributed by atoms with E-state index in [1.165, 1.54) is 6.42 Å². The third-order valence-electron chi connectivity index (χ3n) is 6.18. The summed E-state index contributed by atoms with van der Waals surface area (Å²) in [6.45, 7) is 4.23. The van der Waals surface area contributed by atoms with Crippen LogP contribution in [0.4, 0.5) is 6.01 Å². The van der Waals surface area contributed by atoms with Crippen molar-refractivity contribution in [3.8, 4) is 0 Å². The number of fused-ring (bicyclic) bond motifs is 3. The summed E-state index contributed by atoms with van der Waals surface area (Å²) in [4.78, 5) is 22.7. The van der Waals surface area contributed by atoms with Crippen LogP contribution in [0.15, 0.2) is 45.4 Å². The molecule has 2 heterocycles. The second-order valence-corrected chi connectivity index (χ2v) is 9.03. The molecule has 1 fully saturated rings. The molecule has 5 rings (SSSR count). The summed E-state index contributed by atoms with van der Waals surface area (Å²) >= 11 is 0.